The van der Waals surface area contributed by atoms with Gasteiger partial charge in [-0.15, -0.1) is 0 Å². The molecule has 1 aromatic carbocycles. The predicted molar refractivity (Wildman–Crippen MR) is 121 cm³/mol. The van der Waals surface area contributed by atoms with Crippen LogP contribution in [-0.2, 0) is 11.2 Å². The maximum absolute atomic E-state index is 12.3. The molecule has 2 rings (SSSR count). The van der Waals surface area contributed by atoms with Crippen LogP contribution in [0.1, 0.15) is 94.5 Å². The standard InChI is InChI=1S/C26H37NO2/c1-4-6-8-10-12-21(3)29-26(28)24-17-15-23(16-18-24)25-19-14-22(20-27-25)13-11-9-7-5-2/h14-21H,4-13H2,1-3H3. The second-order valence-electron chi connectivity index (χ2n) is 8.00. The Morgan fingerprint density at radius 2 is 1.59 bits per heavy atom. The molecule has 0 amide bonds. The summed E-state index contributed by atoms with van der Waals surface area (Å²) in [6.45, 7) is 6.41. The van der Waals surface area contributed by atoms with Crippen LogP contribution in [0.5, 0.6) is 0 Å². The molecule has 0 bridgehead atoms. The lowest BCUT2D eigenvalue weighted by Gasteiger charge is -2.13. The molecule has 2 aromatic rings. The number of esters is 1. The second kappa shape index (κ2) is 13.1. The summed E-state index contributed by atoms with van der Waals surface area (Å²) in [6.07, 6.45) is 13.8. The maximum Gasteiger partial charge on any atom is 0.338 e. The van der Waals surface area contributed by atoms with Crippen molar-refractivity contribution in [1.82, 2.24) is 4.98 Å². The van der Waals surface area contributed by atoms with Gasteiger partial charge in [0.25, 0.3) is 0 Å². The summed E-state index contributed by atoms with van der Waals surface area (Å²) in [5.74, 6) is -0.241. The van der Waals surface area contributed by atoms with Gasteiger partial charge in [-0.25, -0.2) is 4.79 Å². The number of hydrogen-bond donors (Lipinski definition) is 0. The average Bonchev–Trinajstić information content (AvgIpc) is 2.75. The van der Waals surface area contributed by atoms with Crippen LogP contribution in [0.25, 0.3) is 11.3 Å². The number of carbonyl (C=O) groups is 1. The van der Waals surface area contributed by atoms with Crippen molar-refractivity contribution in [3.05, 3.63) is 53.7 Å². The van der Waals surface area contributed by atoms with E-state index in [2.05, 4.69) is 31.0 Å². The maximum atomic E-state index is 12.3. The Morgan fingerprint density at radius 3 is 2.21 bits per heavy atom. The Bertz CT molecular complexity index is 706. The fraction of sp³-hybridized carbons (Fsp3) is 0.538. The lowest BCUT2D eigenvalue weighted by Crippen LogP contribution is -2.15. The Balaban J connectivity index is 1.85. The SMILES string of the molecule is CCCCCCc1ccc(-c2ccc(C(=O)OC(C)CCCCCC)cc2)nc1. The predicted octanol–water partition coefficient (Wildman–Crippen LogP) is 7.39. The van der Waals surface area contributed by atoms with E-state index in [0.29, 0.717) is 5.56 Å². The van der Waals surface area contributed by atoms with E-state index < -0.39 is 0 Å². The summed E-state index contributed by atoms with van der Waals surface area (Å²) in [6, 6.07) is 11.8. The summed E-state index contributed by atoms with van der Waals surface area (Å²) in [5, 5.41) is 0. The van der Waals surface area contributed by atoms with Crippen molar-refractivity contribution in [3.63, 3.8) is 0 Å². The second-order valence-corrected chi connectivity index (χ2v) is 8.00. The summed E-state index contributed by atoms with van der Waals surface area (Å²) in [5.41, 5.74) is 3.85. The molecule has 0 aliphatic heterocycles. The van der Waals surface area contributed by atoms with E-state index in [1.807, 2.05) is 37.4 Å². The first-order chi connectivity index (χ1) is 14.1. The number of hydrogen-bond acceptors (Lipinski definition) is 3. The molecule has 3 nitrogen and oxygen atoms in total. The van der Waals surface area contributed by atoms with Gasteiger partial charge in [0, 0.05) is 11.8 Å². The van der Waals surface area contributed by atoms with Gasteiger partial charge < -0.3 is 4.74 Å². The number of aryl methyl sites for hydroxylation is 1. The number of ether oxygens (including phenoxy) is 1. The molecule has 3 heteroatoms. The molecule has 0 aliphatic rings. The van der Waals surface area contributed by atoms with Gasteiger partial charge in [-0.2, -0.15) is 0 Å². The first-order valence-corrected chi connectivity index (χ1v) is 11.4. The molecule has 1 aromatic heterocycles. The zero-order valence-electron chi connectivity index (χ0n) is 18.5. The van der Waals surface area contributed by atoms with E-state index >= 15 is 0 Å². The highest BCUT2D eigenvalue weighted by molar-refractivity contribution is 5.90. The summed E-state index contributed by atoms with van der Waals surface area (Å²) in [7, 11) is 0. The third-order valence-corrected chi connectivity index (χ3v) is 5.33. The fourth-order valence-electron chi connectivity index (χ4n) is 3.44. The zero-order valence-corrected chi connectivity index (χ0v) is 18.5. The number of carbonyl (C=O) groups excluding carboxylic acids is 1. The molecular weight excluding hydrogens is 358 g/mol. The molecular formula is C26H37NO2. The highest BCUT2D eigenvalue weighted by Crippen LogP contribution is 2.19. The van der Waals surface area contributed by atoms with Crippen molar-refractivity contribution in [2.75, 3.05) is 0 Å². The van der Waals surface area contributed by atoms with Gasteiger partial charge in [0.2, 0.25) is 0 Å². The third kappa shape index (κ3) is 8.39. The van der Waals surface area contributed by atoms with Crippen LogP contribution in [0.4, 0.5) is 0 Å². The minimum absolute atomic E-state index is 0.0365. The minimum Gasteiger partial charge on any atom is -0.459 e. The number of unbranched alkanes of at least 4 members (excludes halogenated alkanes) is 6. The average molecular weight is 396 g/mol. The van der Waals surface area contributed by atoms with Crippen LogP contribution < -0.4 is 0 Å². The van der Waals surface area contributed by atoms with Crippen molar-refractivity contribution in [2.45, 2.75) is 91.1 Å². The molecule has 158 valence electrons. The van der Waals surface area contributed by atoms with Crippen molar-refractivity contribution in [3.8, 4) is 11.3 Å². The molecule has 0 radical (unpaired) electrons. The summed E-state index contributed by atoms with van der Waals surface area (Å²) >= 11 is 0. The third-order valence-electron chi connectivity index (χ3n) is 5.33. The Kier molecular flexibility index (Phi) is 10.5. The topological polar surface area (TPSA) is 39.2 Å². The number of nitrogens with zero attached hydrogens (tertiary/aromatic N) is 1. The largest absolute Gasteiger partial charge is 0.459 e. The van der Waals surface area contributed by atoms with E-state index in [-0.39, 0.29) is 12.1 Å². The fourth-order valence-corrected chi connectivity index (χ4v) is 3.44. The van der Waals surface area contributed by atoms with Gasteiger partial charge in [0.1, 0.15) is 0 Å². The van der Waals surface area contributed by atoms with E-state index in [4.69, 9.17) is 4.74 Å². The number of aromatic nitrogens is 1. The van der Waals surface area contributed by atoms with Crippen LogP contribution in [0.2, 0.25) is 0 Å². The molecule has 1 unspecified atom stereocenters. The number of rotatable bonds is 13. The first kappa shape index (κ1) is 23.1. The van der Waals surface area contributed by atoms with Gasteiger partial charge in [0.15, 0.2) is 0 Å². The minimum atomic E-state index is -0.241. The molecule has 0 fully saturated rings. The normalized spacial score (nSPS) is 12.0. The van der Waals surface area contributed by atoms with Crippen molar-refractivity contribution in [2.24, 2.45) is 0 Å². The zero-order chi connectivity index (χ0) is 20.9. The van der Waals surface area contributed by atoms with E-state index in [1.54, 1.807) is 0 Å². The van der Waals surface area contributed by atoms with E-state index in [0.717, 1.165) is 30.5 Å². The Labute approximate surface area is 176 Å². The summed E-state index contributed by atoms with van der Waals surface area (Å²) < 4.78 is 5.58. The van der Waals surface area contributed by atoms with Gasteiger partial charge in [-0.3, -0.25) is 4.98 Å². The molecule has 0 saturated heterocycles. The summed E-state index contributed by atoms with van der Waals surface area (Å²) in [4.78, 5) is 16.9. The molecule has 1 heterocycles. The molecule has 0 N–H and O–H groups in total. The molecule has 0 spiro atoms. The van der Waals surface area contributed by atoms with Crippen LogP contribution in [-0.4, -0.2) is 17.1 Å². The molecule has 0 saturated carbocycles. The lowest BCUT2D eigenvalue weighted by molar-refractivity contribution is 0.0319. The van der Waals surface area contributed by atoms with Gasteiger partial charge >= 0.3 is 5.97 Å². The quantitative estimate of drug-likeness (QED) is 0.262. The van der Waals surface area contributed by atoms with E-state index in [1.165, 1.54) is 50.5 Å². The first-order valence-electron chi connectivity index (χ1n) is 11.4. The monoisotopic (exact) mass is 395 g/mol. The van der Waals surface area contributed by atoms with Crippen molar-refractivity contribution in [1.29, 1.82) is 0 Å². The molecule has 1 atom stereocenters. The Morgan fingerprint density at radius 1 is 0.897 bits per heavy atom. The highest BCUT2D eigenvalue weighted by atomic mass is 16.5. The lowest BCUT2D eigenvalue weighted by atomic mass is 10.1. The van der Waals surface area contributed by atoms with Gasteiger partial charge in [0.05, 0.1) is 17.4 Å². The smallest absolute Gasteiger partial charge is 0.338 e. The van der Waals surface area contributed by atoms with Crippen molar-refractivity contribution >= 4 is 5.97 Å². The van der Waals surface area contributed by atoms with Crippen LogP contribution in [0.3, 0.4) is 0 Å². The van der Waals surface area contributed by atoms with Crippen LogP contribution in [0, 0.1) is 0 Å². The molecule has 0 aliphatic carbocycles. The van der Waals surface area contributed by atoms with E-state index in [9.17, 15) is 4.79 Å². The van der Waals surface area contributed by atoms with Gasteiger partial charge in [-0.1, -0.05) is 70.6 Å². The van der Waals surface area contributed by atoms with Crippen LogP contribution in [0.15, 0.2) is 42.6 Å². The van der Waals surface area contributed by atoms with Crippen molar-refractivity contribution < 1.29 is 9.53 Å². The van der Waals surface area contributed by atoms with Gasteiger partial charge in [-0.05, 0) is 56.4 Å². The number of pyridine rings is 1. The highest BCUT2D eigenvalue weighted by Gasteiger charge is 2.12. The van der Waals surface area contributed by atoms with Crippen LogP contribution >= 0.6 is 0 Å². The number of benzene rings is 1. The Hall–Kier alpha value is -2.16. The molecule has 29 heavy (non-hydrogen) atoms.